The van der Waals surface area contributed by atoms with Crippen LogP contribution in [-0.2, 0) is 18.6 Å². The molecule has 2 aliphatic heterocycles. The van der Waals surface area contributed by atoms with Crippen molar-refractivity contribution < 1.29 is 18.6 Å². The normalized spacial score (nSPS) is 28.4. The summed E-state index contributed by atoms with van der Waals surface area (Å²) in [4.78, 5) is 0. The zero-order chi connectivity index (χ0) is 17.9. The van der Waals surface area contributed by atoms with E-state index in [1.165, 1.54) is 0 Å². The number of hydrogen-bond donors (Lipinski definition) is 0. The summed E-state index contributed by atoms with van der Waals surface area (Å²) in [6.07, 6.45) is 1.94. The summed E-state index contributed by atoms with van der Waals surface area (Å²) in [5.74, 6) is 0. The molecule has 2 rings (SSSR count). The molecule has 2 fully saturated rings. The first-order chi connectivity index (χ1) is 10.2. The van der Waals surface area contributed by atoms with Crippen molar-refractivity contribution in [1.29, 1.82) is 0 Å². The SMILES string of the molecule is CCCC(C)(B1OC(C)(C)C(C)(C)O1)B1OC(C)(C)C(C)(C)O1. The minimum atomic E-state index is -0.356. The van der Waals surface area contributed by atoms with Crippen molar-refractivity contribution in [3.8, 4) is 0 Å². The van der Waals surface area contributed by atoms with E-state index >= 15 is 0 Å². The van der Waals surface area contributed by atoms with E-state index < -0.39 is 0 Å². The van der Waals surface area contributed by atoms with Crippen molar-refractivity contribution in [2.24, 2.45) is 0 Å². The Bertz CT molecular complexity index is 392. The molecule has 0 atom stereocenters. The molecule has 0 radical (unpaired) electrons. The second-order valence-corrected chi connectivity index (χ2v) is 9.43. The Balaban J connectivity index is 2.32. The summed E-state index contributed by atoms with van der Waals surface area (Å²) >= 11 is 0. The molecule has 23 heavy (non-hydrogen) atoms. The van der Waals surface area contributed by atoms with E-state index in [2.05, 4.69) is 69.2 Å². The zero-order valence-electron chi connectivity index (χ0n) is 16.7. The van der Waals surface area contributed by atoms with Crippen LogP contribution < -0.4 is 0 Å². The Labute approximate surface area is 143 Å². The average molecular weight is 324 g/mol. The van der Waals surface area contributed by atoms with Gasteiger partial charge in [0.05, 0.1) is 22.4 Å². The first kappa shape index (κ1) is 19.3. The van der Waals surface area contributed by atoms with Gasteiger partial charge in [-0.3, -0.25) is 0 Å². The van der Waals surface area contributed by atoms with Gasteiger partial charge >= 0.3 is 14.2 Å². The summed E-state index contributed by atoms with van der Waals surface area (Å²) in [5, 5.41) is -0.356. The van der Waals surface area contributed by atoms with Crippen LogP contribution in [0.1, 0.15) is 82.1 Å². The molecule has 0 aromatic rings. The van der Waals surface area contributed by atoms with Crippen molar-refractivity contribution in [1.82, 2.24) is 0 Å². The van der Waals surface area contributed by atoms with Crippen LogP contribution in [0, 0.1) is 0 Å². The Kier molecular flexibility index (Phi) is 4.60. The van der Waals surface area contributed by atoms with E-state index in [0.29, 0.717) is 0 Å². The summed E-state index contributed by atoms with van der Waals surface area (Å²) < 4.78 is 25.4. The first-order valence-electron chi connectivity index (χ1n) is 8.90. The van der Waals surface area contributed by atoms with E-state index in [1.807, 2.05) is 0 Å². The van der Waals surface area contributed by atoms with Gasteiger partial charge in [0.2, 0.25) is 0 Å². The molecule has 0 aromatic carbocycles. The lowest BCUT2D eigenvalue weighted by Crippen LogP contribution is -2.47. The topological polar surface area (TPSA) is 36.9 Å². The van der Waals surface area contributed by atoms with Gasteiger partial charge in [-0.25, -0.2) is 0 Å². The second kappa shape index (κ2) is 5.48. The third-order valence-corrected chi connectivity index (χ3v) is 6.37. The minimum Gasteiger partial charge on any atom is -0.403 e. The zero-order valence-corrected chi connectivity index (χ0v) is 16.7. The third-order valence-electron chi connectivity index (χ3n) is 6.37. The molecule has 2 heterocycles. The lowest BCUT2D eigenvalue weighted by atomic mass is 9.38. The highest BCUT2D eigenvalue weighted by atomic mass is 16.7. The maximum Gasteiger partial charge on any atom is 0.461 e. The molecule has 0 spiro atoms. The predicted octanol–water partition coefficient (Wildman–Crippen LogP) is 4.27. The average Bonchev–Trinajstić information content (AvgIpc) is 2.70. The van der Waals surface area contributed by atoms with Gasteiger partial charge in [-0.2, -0.15) is 0 Å². The smallest absolute Gasteiger partial charge is 0.403 e. The lowest BCUT2D eigenvalue weighted by Gasteiger charge is -2.33. The van der Waals surface area contributed by atoms with Crippen LogP contribution in [0.5, 0.6) is 0 Å². The monoisotopic (exact) mass is 324 g/mol. The van der Waals surface area contributed by atoms with Gasteiger partial charge < -0.3 is 18.6 Å². The molecule has 6 heteroatoms. The van der Waals surface area contributed by atoms with Gasteiger partial charge in [0.25, 0.3) is 0 Å². The molecule has 0 unspecified atom stereocenters. The van der Waals surface area contributed by atoms with Crippen molar-refractivity contribution in [2.45, 2.75) is 110 Å². The summed E-state index contributed by atoms with van der Waals surface area (Å²) in [6.45, 7) is 21.0. The molecule has 0 aromatic heterocycles. The fourth-order valence-electron chi connectivity index (χ4n) is 3.11. The number of rotatable bonds is 4. The maximum absolute atomic E-state index is 6.35. The Morgan fingerprint density at radius 1 is 0.652 bits per heavy atom. The van der Waals surface area contributed by atoms with E-state index in [-0.39, 0.29) is 41.9 Å². The van der Waals surface area contributed by atoms with E-state index in [0.717, 1.165) is 12.8 Å². The van der Waals surface area contributed by atoms with Gasteiger partial charge in [0, 0.05) is 5.21 Å². The fourth-order valence-corrected chi connectivity index (χ4v) is 3.11. The van der Waals surface area contributed by atoms with Crippen LogP contribution in [-0.4, -0.2) is 36.6 Å². The maximum atomic E-state index is 6.35. The molecule has 2 saturated heterocycles. The molecule has 2 aliphatic rings. The standard InChI is InChI=1S/C17H34B2O4/c1-11-12-17(10,18-20-13(2,3)14(4,5)21-18)19-22-15(6,7)16(8,9)23-19/h11-12H2,1-10H3. The van der Waals surface area contributed by atoms with Gasteiger partial charge in [0.1, 0.15) is 0 Å². The molecule has 132 valence electrons. The molecule has 4 nitrogen and oxygen atoms in total. The van der Waals surface area contributed by atoms with Gasteiger partial charge in [-0.15, -0.1) is 0 Å². The Morgan fingerprint density at radius 3 is 1.13 bits per heavy atom. The molecule has 0 amide bonds. The van der Waals surface area contributed by atoms with E-state index in [4.69, 9.17) is 18.6 Å². The van der Waals surface area contributed by atoms with Crippen molar-refractivity contribution >= 4 is 14.2 Å². The minimum absolute atomic E-state index is 0.345. The second-order valence-electron chi connectivity index (χ2n) is 9.43. The van der Waals surface area contributed by atoms with E-state index in [1.54, 1.807) is 0 Å². The predicted molar refractivity (Wildman–Crippen MR) is 95.4 cm³/mol. The molecular formula is C17H34B2O4. The molecule has 0 aliphatic carbocycles. The van der Waals surface area contributed by atoms with Crippen LogP contribution in [0.15, 0.2) is 0 Å². The summed E-state index contributed by atoms with van der Waals surface area (Å²) in [5.41, 5.74) is -1.40. The van der Waals surface area contributed by atoms with Gasteiger partial charge in [-0.05, 0) is 55.4 Å². The Hall–Kier alpha value is -0.0301. The van der Waals surface area contributed by atoms with Crippen LogP contribution in [0.4, 0.5) is 0 Å². The summed E-state index contributed by atoms with van der Waals surface area (Å²) in [7, 11) is -0.690. The van der Waals surface area contributed by atoms with Crippen LogP contribution >= 0.6 is 0 Å². The highest BCUT2D eigenvalue weighted by Crippen LogP contribution is 2.53. The molecular weight excluding hydrogens is 290 g/mol. The van der Waals surface area contributed by atoms with Crippen LogP contribution in [0.3, 0.4) is 0 Å². The van der Waals surface area contributed by atoms with Crippen molar-refractivity contribution in [2.75, 3.05) is 0 Å². The van der Waals surface area contributed by atoms with E-state index in [9.17, 15) is 0 Å². The lowest BCUT2D eigenvalue weighted by molar-refractivity contribution is 0.00578. The first-order valence-corrected chi connectivity index (χ1v) is 8.90. The quantitative estimate of drug-likeness (QED) is 0.724. The molecule has 0 N–H and O–H groups in total. The van der Waals surface area contributed by atoms with Crippen molar-refractivity contribution in [3.05, 3.63) is 0 Å². The Morgan fingerprint density at radius 2 is 0.913 bits per heavy atom. The van der Waals surface area contributed by atoms with Gasteiger partial charge in [-0.1, -0.05) is 26.7 Å². The largest absolute Gasteiger partial charge is 0.461 e. The van der Waals surface area contributed by atoms with Gasteiger partial charge in [0.15, 0.2) is 0 Å². The fraction of sp³-hybridized carbons (Fsp3) is 1.00. The summed E-state index contributed by atoms with van der Waals surface area (Å²) in [6, 6.07) is 0. The third kappa shape index (κ3) is 3.01. The number of hydrogen-bond acceptors (Lipinski definition) is 4. The molecule has 0 bridgehead atoms. The van der Waals surface area contributed by atoms with Crippen LogP contribution in [0.2, 0.25) is 5.21 Å². The van der Waals surface area contributed by atoms with Crippen LogP contribution in [0.25, 0.3) is 0 Å². The highest BCUT2D eigenvalue weighted by Gasteiger charge is 2.66. The molecule has 0 saturated carbocycles. The highest BCUT2D eigenvalue weighted by molar-refractivity contribution is 6.71. The van der Waals surface area contributed by atoms with Crippen molar-refractivity contribution in [3.63, 3.8) is 0 Å².